The maximum atomic E-state index is 13.2. The quantitative estimate of drug-likeness (QED) is 0.204. The molecular weight excluding hydrogens is 490 g/mol. The number of pyridine rings is 1. The molecule has 2 aromatic heterocycles. The van der Waals surface area contributed by atoms with Crippen molar-refractivity contribution in [2.24, 2.45) is 4.99 Å². The van der Waals surface area contributed by atoms with Crippen LogP contribution in [0.2, 0.25) is 0 Å². The molecule has 0 bridgehead atoms. The molecule has 5 rings (SSSR count). The molecule has 4 amide bonds. The topological polar surface area (TPSA) is 135 Å². The van der Waals surface area contributed by atoms with Gasteiger partial charge >= 0.3 is 6.03 Å². The number of aliphatic imine (C=N–C) groups is 1. The molecule has 0 spiro atoms. The number of aromatic nitrogens is 1. The summed E-state index contributed by atoms with van der Waals surface area (Å²) in [4.78, 5) is 48.6. The van der Waals surface area contributed by atoms with Gasteiger partial charge in [-0.1, -0.05) is 12.1 Å². The molecule has 2 N–H and O–H groups in total. The smallest absolute Gasteiger partial charge is 0.322 e. The minimum Gasteiger partial charge on any atom is -0.497 e. The number of urea groups is 1. The highest BCUT2D eigenvalue weighted by Crippen LogP contribution is 2.35. The second-order valence-electron chi connectivity index (χ2n) is 8.91. The molecule has 3 aromatic rings. The number of furan rings is 1. The van der Waals surface area contributed by atoms with Crippen LogP contribution in [-0.4, -0.2) is 55.2 Å². The molecule has 1 fully saturated rings. The predicted octanol–water partition coefficient (Wildman–Crippen LogP) is 3.12. The van der Waals surface area contributed by atoms with Gasteiger partial charge in [0.25, 0.3) is 11.8 Å². The third-order valence-corrected chi connectivity index (χ3v) is 6.60. The van der Waals surface area contributed by atoms with Crippen LogP contribution >= 0.6 is 0 Å². The molecular formula is C27H25N5O6. The summed E-state index contributed by atoms with van der Waals surface area (Å²) in [6.45, 7) is 5.46. The maximum Gasteiger partial charge on any atom is 0.322 e. The van der Waals surface area contributed by atoms with Gasteiger partial charge in [-0.2, -0.15) is 0 Å². The Labute approximate surface area is 217 Å². The first-order valence-electron chi connectivity index (χ1n) is 11.7. The average Bonchev–Trinajstić information content (AvgIpc) is 3.57. The van der Waals surface area contributed by atoms with E-state index in [-0.39, 0.29) is 24.8 Å². The maximum absolute atomic E-state index is 13.2. The number of nitrogens with zero attached hydrogens (tertiary/aromatic N) is 3. The van der Waals surface area contributed by atoms with Crippen LogP contribution in [0.4, 0.5) is 4.79 Å². The van der Waals surface area contributed by atoms with Crippen molar-refractivity contribution in [2.75, 3.05) is 20.8 Å². The van der Waals surface area contributed by atoms with Gasteiger partial charge in [0.1, 0.15) is 17.0 Å². The lowest BCUT2D eigenvalue weighted by atomic mass is 9.95. The van der Waals surface area contributed by atoms with E-state index in [0.29, 0.717) is 34.0 Å². The summed E-state index contributed by atoms with van der Waals surface area (Å²) in [6, 6.07) is 9.68. The van der Waals surface area contributed by atoms with E-state index in [1.807, 2.05) is 13.0 Å². The molecule has 0 aliphatic carbocycles. The van der Waals surface area contributed by atoms with Crippen LogP contribution < -0.4 is 15.4 Å². The molecule has 1 unspecified atom stereocenters. The van der Waals surface area contributed by atoms with Gasteiger partial charge in [-0.05, 0) is 49.0 Å². The van der Waals surface area contributed by atoms with Crippen LogP contribution in [0.25, 0.3) is 16.7 Å². The van der Waals surface area contributed by atoms with Crippen LogP contribution in [0.5, 0.6) is 5.75 Å². The van der Waals surface area contributed by atoms with E-state index in [1.54, 1.807) is 42.5 Å². The Morgan fingerprint density at radius 2 is 2.03 bits per heavy atom. The summed E-state index contributed by atoms with van der Waals surface area (Å²) in [7, 11) is 3.02. The molecule has 2 aliphatic rings. The fourth-order valence-corrected chi connectivity index (χ4v) is 4.56. The van der Waals surface area contributed by atoms with Crippen molar-refractivity contribution >= 4 is 41.2 Å². The number of carbonyl (C=O) groups excluding carboxylic acids is 3. The molecule has 0 radical (unpaired) electrons. The number of fused-ring (bicyclic) bond motifs is 2. The van der Waals surface area contributed by atoms with E-state index in [2.05, 4.69) is 27.3 Å². The SMILES string of the molecule is C=NC(=CC=C(C)c1ccc2oc(C3(CN4Cc5ccc(OC)cc5C4=O)NC(=O)NC3=O)cc2n1)OC. The number of hydrogen-bond acceptors (Lipinski definition) is 8. The summed E-state index contributed by atoms with van der Waals surface area (Å²) >= 11 is 0. The van der Waals surface area contributed by atoms with Gasteiger partial charge in [0.15, 0.2) is 11.1 Å². The number of nitrogens with one attached hydrogen (secondary N) is 2. The minimum absolute atomic E-state index is 0.134. The van der Waals surface area contributed by atoms with Gasteiger partial charge < -0.3 is 24.1 Å². The highest BCUT2D eigenvalue weighted by atomic mass is 16.5. The lowest BCUT2D eigenvalue weighted by Gasteiger charge is -2.28. The summed E-state index contributed by atoms with van der Waals surface area (Å²) < 4.78 is 16.4. The summed E-state index contributed by atoms with van der Waals surface area (Å²) in [5, 5.41) is 4.96. The molecule has 38 heavy (non-hydrogen) atoms. The molecule has 2 aliphatic heterocycles. The standard InChI is InChI=1S/C27H25N5O6/c1-15(5-10-23(28-2)37-4)19-8-9-21-20(29-19)12-22(38-21)27(25(34)30-26(35)31-27)14-32-13-16-6-7-17(36-3)11-18(16)24(32)33/h5-12H,2,13-14H2,1,3-4H3,(H2,30,31,34,35). The van der Waals surface area contributed by atoms with Crippen LogP contribution in [0.1, 0.15) is 34.3 Å². The second-order valence-corrected chi connectivity index (χ2v) is 8.91. The number of ether oxygens (including phenoxy) is 2. The van der Waals surface area contributed by atoms with Gasteiger partial charge in [-0.25, -0.2) is 14.8 Å². The first-order chi connectivity index (χ1) is 18.3. The molecule has 1 aromatic carbocycles. The predicted molar refractivity (Wildman–Crippen MR) is 138 cm³/mol. The number of amides is 4. The minimum atomic E-state index is -1.63. The normalized spacial score (nSPS) is 19.4. The van der Waals surface area contributed by atoms with Gasteiger partial charge in [-0.3, -0.25) is 14.9 Å². The molecule has 1 saturated heterocycles. The summed E-state index contributed by atoms with van der Waals surface area (Å²) in [6.07, 6.45) is 3.46. The molecule has 194 valence electrons. The van der Waals surface area contributed by atoms with Gasteiger partial charge in [0.05, 0.1) is 26.5 Å². The van der Waals surface area contributed by atoms with Crippen LogP contribution in [-0.2, 0) is 21.6 Å². The Kier molecular flexibility index (Phi) is 6.19. The van der Waals surface area contributed by atoms with Crippen LogP contribution in [0.15, 0.2) is 63.8 Å². The highest BCUT2D eigenvalue weighted by molar-refractivity contribution is 6.08. The average molecular weight is 516 g/mol. The number of imide groups is 1. The number of carbonyl (C=O) groups is 3. The summed E-state index contributed by atoms with van der Waals surface area (Å²) in [5.41, 5.74) is 2.05. The third-order valence-electron chi connectivity index (χ3n) is 6.60. The molecule has 0 saturated carbocycles. The lowest BCUT2D eigenvalue weighted by molar-refractivity contribution is -0.125. The van der Waals surface area contributed by atoms with E-state index in [1.165, 1.54) is 19.1 Å². The number of benzene rings is 1. The largest absolute Gasteiger partial charge is 0.497 e. The van der Waals surface area contributed by atoms with Gasteiger partial charge in [-0.15, -0.1) is 0 Å². The Hall–Kier alpha value is -4.93. The Morgan fingerprint density at radius 1 is 1.21 bits per heavy atom. The van der Waals surface area contributed by atoms with E-state index in [0.717, 1.165) is 11.1 Å². The monoisotopic (exact) mass is 515 g/mol. The van der Waals surface area contributed by atoms with E-state index in [4.69, 9.17) is 13.9 Å². The van der Waals surface area contributed by atoms with Crippen molar-refractivity contribution in [1.29, 1.82) is 0 Å². The first kappa shape index (κ1) is 24.8. The van der Waals surface area contributed by atoms with E-state index in [9.17, 15) is 14.4 Å². The molecule has 11 heteroatoms. The molecule has 11 nitrogen and oxygen atoms in total. The number of hydrogen-bond donors (Lipinski definition) is 2. The van der Waals surface area contributed by atoms with E-state index < -0.39 is 17.5 Å². The number of allylic oxidation sites excluding steroid dienone is 3. The first-order valence-corrected chi connectivity index (χ1v) is 11.7. The fourth-order valence-electron chi connectivity index (χ4n) is 4.56. The fraction of sp³-hybridized carbons (Fsp3) is 0.222. The zero-order valence-corrected chi connectivity index (χ0v) is 21.0. The Balaban J connectivity index is 1.49. The van der Waals surface area contributed by atoms with Crippen molar-refractivity contribution in [1.82, 2.24) is 20.5 Å². The van der Waals surface area contributed by atoms with Crippen molar-refractivity contribution in [3.8, 4) is 5.75 Å². The van der Waals surface area contributed by atoms with Crippen LogP contribution in [0.3, 0.4) is 0 Å². The van der Waals surface area contributed by atoms with Crippen molar-refractivity contribution < 1.29 is 28.3 Å². The van der Waals surface area contributed by atoms with E-state index >= 15 is 0 Å². The van der Waals surface area contributed by atoms with Gasteiger partial charge in [0, 0.05) is 24.3 Å². The Morgan fingerprint density at radius 3 is 2.71 bits per heavy atom. The molecule has 4 heterocycles. The van der Waals surface area contributed by atoms with Gasteiger partial charge in [0.2, 0.25) is 5.88 Å². The molecule has 1 atom stereocenters. The number of rotatable bonds is 8. The van der Waals surface area contributed by atoms with Crippen molar-refractivity contribution in [3.63, 3.8) is 0 Å². The van der Waals surface area contributed by atoms with Crippen molar-refractivity contribution in [2.45, 2.75) is 19.0 Å². The highest BCUT2D eigenvalue weighted by Gasteiger charge is 2.53. The third kappa shape index (κ3) is 4.17. The second kappa shape index (κ2) is 9.51. The van der Waals surface area contributed by atoms with Crippen LogP contribution in [0, 0.1) is 0 Å². The summed E-state index contributed by atoms with van der Waals surface area (Å²) in [5.74, 6) is 0.188. The lowest BCUT2D eigenvalue weighted by Crippen LogP contribution is -2.52. The Bertz CT molecular complexity index is 1550. The zero-order valence-electron chi connectivity index (χ0n) is 21.0. The number of methoxy groups -OCH3 is 2. The van der Waals surface area contributed by atoms with Crippen molar-refractivity contribution in [3.05, 3.63) is 77.0 Å². The zero-order chi connectivity index (χ0) is 27.0.